The Morgan fingerprint density at radius 2 is 1.58 bits per heavy atom. The lowest BCUT2D eigenvalue weighted by Crippen LogP contribution is -2.19. The number of nitrogens with zero attached hydrogens (tertiary/aromatic N) is 1. The molecule has 0 heterocycles. The smallest absolute Gasteiger partial charge is 0.308 e. The van der Waals surface area contributed by atoms with Crippen molar-refractivity contribution in [3.8, 4) is 0 Å². The number of rotatable bonds is 3. The number of hydrogen-bond acceptors (Lipinski definition) is 3. The van der Waals surface area contributed by atoms with Crippen LogP contribution in [0, 0.1) is 10.1 Å². The van der Waals surface area contributed by atoms with E-state index in [2.05, 4.69) is 10.6 Å². The zero-order valence-corrected chi connectivity index (χ0v) is 12.5. The number of amides is 2. The van der Waals surface area contributed by atoms with E-state index in [0.29, 0.717) is 6.07 Å². The van der Waals surface area contributed by atoms with Gasteiger partial charge in [0.15, 0.2) is 0 Å². The van der Waals surface area contributed by atoms with Crippen molar-refractivity contribution in [3.05, 3.63) is 63.2 Å². The molecule has 0 spiro atoms. The minimum absolute atomic E-state index is 0.105. The van der Waals surface area contributed by atoms with Crippen LogP contribution in [0.3, 0.4) is 0 Å². The molecule has 2 N–H and O–H groups in total. The highest BCUT2D eigenvalue weighted by molar-refractivity contribution is 6.31. The summed E-state index contributed by atoms with van der Waals surface area (Å²) in [5.74, 6) is 0. The van der Waals surface area contributed by atoms with E-state index in [0.717, 1.165) is 6.07 Å². The highest BCUT2D eigenvalue weighted by Gasteiger charge is 2.33. The highest BCUT2D eigenvalue weighted by Crippen LogP contribution is 2.36. The molecule has 6 nitrogen and oxygen atoms in total. The number of urea groups is 1. The molecule has 0 radical (unpaired) electrons. The van der Waals surface area contributed by atoms with Gasteiger partial charge >= 0.3 is 12.2 Å². The second-order valence-electron chi connectivity index (χ2n) is 4.58. The van der Waals surface area contributed by atoms with Crippen molar-refractivity contribution < 1.29 is 22.9 Å². The first-order valence-electron chi connectivity index (χ1n) is 6.36. The zero-order chi connectivity index (χ0) is 17.9. The van der Waals surface area contributed by atoms with E-state index in [1.54, 1.807) is 0 Å². The molecule has 24 heavy (non-hydrogen) atoms. The number of carbonyl (C=O) groups excluding carboxylic acids is 1. The predicted molar refractivity (Wildman–Crippen MR) is 82.2 cm³/mol. The number of nitro groups is 1. The average Bonchev–Trinajstić information content (AvgIpc) is 2.48. The number of anilines is 2. The van der Waals surface area contributed by atoms with Crippen LogP contribution in [0.4, 0.5) is 35.0 Å². The molecule has 10 heteroatoms. The lowest BCUT2D eigenvalue weighted by Gasteiger charge is -2.12. The summed E-state index contributed by atoms with van der Waals surface area (Å²) in [6, 6.07) is 7.08. The number of halogens is 4. The van der Waals surface area contributed by atoms with E-state index < -0.39 is 27.7 Å². The van der Waals surface area contributed by atoms with Crippen molar-refractivity contribution in [1.29, 1.82) is 0 Å². The number of carbonyl (C=O) groups is 1. The predicted octanol–water partition coefficient (Wildman–Crippen LogP) is 4.91. The molecule has 0 unspecified atom stereocenters. The number of benzene rings is 2. The molecule has 0 aliphatic carbocycles. The molecule has 0 saturated heterocycles. The first kappa shape index (κ1) is 17.5. The number of non-ortho nitro benzene ring substituents is 1. The first-order valence-corrected chi connectivity index (χ1v) is 6.74. The third-order valence-corrected chi connectivity index (χ3v) is 3.20. The summed E-state index contributed by atoms with van der Waals surface area (Å²) in [5.41, 5.74) is -1.10. The van der Waals surface area contributed by atoms with Gasteiger partial charge in [0.1, 0.15) is 0 Å². The molecule has 2 aromatic carbocycles. The Morgan fingerprint density at radius 3 is 2.12 bits per heavy atom. The Bertz CT molecular complexity index is 779. The lowest BCUT2D eigenvalue weighted by molar-refractivity contribution is -0.384. The Balaban J connectivity index is 2.08. The second kappa shape index (κ2) is 6.75. The van der Waals surface area contributed by atoms with Crippen LogP contribution in [0.1, 0.15) is 5.56 Å². The first-order chi connectivity index (χ1) is 11.2. The standard InChI is InChI=1S/C14H9ClF3N3O3/c15-12-6-3-9(7-11(12)14(16,17)18)20-13(22)19-8-1-4-10(5-2-8)21(23)24/h1-7H,(H2,19,20,22). The van der Waals surface area contributed by atoms with E-state index >= 15 is 0 Å². The molecule has 2 rings (SSSR count). The van der Waals surface area contributed by atoms with Crippen LogP contribution < -0.4 is 10.6 Å². The van der Waals surface area contributed by atoms with E-state index in [4.69, 9.17) is 11.6 Å². The molecule has 0 bridgehead atoms. The van der Waals surface area contributed by atoms with E-state index in [1.807, 2.05) is 0 Å². The molecule has 0 aliphatic rings. The van der Waals surface area contributed by atoms with Gasteiger partial charge in [-0.3, -0.25) is 10.1 Å². The maximum absolute atomic E-state index is 12.7. The zero-order valence-electron chi connectivity index (χ0n) is 11.7. The second-order valence-corrected chi connectivity index (χ2v) is 4.98. The summed E-state index contributed by atoms with van der Waals surface area (Å²) >= 11 is 5.48. The third-order valence-electron chi connectivity index (χ3n) is 2.87. The fraction of sp³-hybridized carbons (Fsp3) is 0.0714. The molecular formula is C14H9ClF3N3O3. The largest absolute Gasteiger partial charge is 0.417 e. The highest BCUT2D eigenvalue weighted by atomic mass is 35.5. The maximum atomic E-state index is 12.7. The van der Waals surface area contributed by atoms with E-state index in [-0.39, 0.29) is 17.1 Å². The summed E-state index contributed by atoms with van der Waals surface area (Å²) < 4.78 is 38.2. The Morgan fingerprint density at radius 1 is 1.04 bits per heavy atom. The van der Waals surface area contributed by atoms with Gasteiger partial charge in [-0.1, -0.05) is 11.6 Å². The van der Waals surface area contributed by atoms with E-state index in [1.165, 1.54) is 30.3 Å². The van der Waals surface area contributed by atoms with Gasteiger partial charge < -0.3 is 10.6 Å². The molecular weight excluding hydrogens is 351 g/mol. The van der Waals surface area contributed by atoms with Crippen LogP contribution in [-0.2, 0) is 6.18 Å². The molecule has 2 aromatic rings. The minimum atomic E-state index is -4.65. The van der Waals surface area contributed by atoms with Gasteiger partial charge in [-0.25, -0.2) is 4.79 Å². The molecule has 0 aliphatic heterocycles. The number of hydrogen-bond donors (Lipinski definition) is 2. The van der Waals surface area contributed by atoms with Gasteiger partial charge in [0, 0.05) is 23.5 Å². The van der Waals surface area contributed by atoms with Gasteiger partial charge in [-0.05, 0) is 30.3 Å². The fourth-order valence-electron chi connectivity index (χ4n) is 1.78. The normalized spacial score (nSPS) is 11.0. The Kier molecular flexibility index (Phi) is 4.93. The summed E-state index contributed by atoms with van der Waals surface area (Å²) in [6.07, 6.45) is -4.65. The maximum Gasteiger partial charge on any atom is 0.417 e. The van der Waals surface area contributed by atoms with Crippen molar-refractivity contribution in [3.63, 3.8) is 0 Å². The lowest BCUT2D eigenvalue weighted by atomic mass is 10.2. The van der Waals surface area contributed by atoms with E-state index in [9.17, 15) is 28.1 Å². The van der Waals surface area contributed by atoms with Crippen molar-refractivity contribution in [1.82, 2.24) is 0 Å². The summed E-state index contributed by atoms with van der Waals surface area (Å²) in [4.78, 5) is 21.7. The molecule has 126 valence electrons. The monoisotopic (exact) mass is 359 g/mol. The quantitative estimate of drug-likeness (QED) is 0.603. The van der Waals surface area contributed by atoms with Crippen LogP contribution in [0.25, 0.3) is 0 Å². The summed E-state index contributed by atoms with van der Waals surface area (Å²) in [5, 5.41) is 14.6. The molecule has 0 atom stereocenters. The van der Waals surface area contributed by atoms with Crippen molar-refractivity contribution in [2.75, 3.05) is 10.6 Å². The van der Waals surface area contributed by atoms with Crippen LogP contribution in [0.2, 0.25) is 5.02 Å². The number of nitro benzene ring substituents is 1. The summed E-state index contributed by atoms with van der Waals surface area (Å²) in [7, 11) is 0. The van der Waals surface area contributed by atoms with Gasteiger partial charge in [-0.2, -0.15) is 13.2 Å². The topological polar surface area (TPSA) is 84.3 Å². The molecule has 0 saturated carbocycles. The molecule has 2 amide bonds. The van der Waals surface area contributed by atoms with Crippen molar-refractivity contribution >= 4 is 34.7 Å². The van der Waals surface area contributed by atoms with Crippen LogP contribution in [-0.4, -0.2) is 11.0 Å². The third kappa shape index (κ3) is 4.35. The van der Waals surface area contributed by atoms with Gasteiger partial charge in [0.25, 0.3) is 5.69 Å². The van der Waals surface area contributed by atoms with Gasteiger partial charge in [-0.15, -0.1) is 0 Å². The van der Waals surface area contributed by atoms with Gasteiger partial charge in [0.05, 0.1) is 15.5 Å². The average molecular weight is 360 g/mol. The van der Waals surface area contributed by atoms with Crippen LogP contribution in [0.15, 0.2) is 42.5 Å². The van der Waals surface area contributed by atoms with Crippen molar-refractivity contribution in [2.24, 2.45) is 0 Å². The summed E-state index contributed by atoms with van der Waals surface area (Å²) in [6.45, 7) is 0. The SMILES string of the molecule is O=C(Nc1ccc([N+](=O)[O-])cc1)Nc1ccc(Cl)c(C(F)(F)F)c1. The van der Waals surface area contributed by atoms with Gasteiger partial charge in [0.2, 0.25) is 0 Å². The molecule has 0 fully saturated rings. The Labute approximate surface area is 138 Å². The van der Waals surface area contributed by atoms with Crippen LogP contribution >= 0.6 is 11.6 Å². The minimum Gasteiger partial charge on any atom is -0.308 e. The number of nitrogens with one attached hydrogen (secondary N) is 2. The van der Waals surface area contributed by atoms with Crippen molar-refractivity contribution in [2.45, 2.75) is 6.18 Å². The van der Waals surface area contributed by atoms with Crippen LogP contribution in [0.5, 0.6) is 0 Å². The molecule has 0 aromatic heterocycles. The Hall–Kier alpha value is -2.81. The number of alkyl halides is 3. The fourth-order valence-corrected chi connectivity index (χ4v) is 2.00.